The van der Waals surface area contributed by atoms with Gasteiger partial charge in [0.05, 0.1) is 32.9 Å². The number of rotatable bonds is 6. The first-order chi connectivity index (χ1) is 34.8. The normalized spacial score (nSPS) is 13.9. The molecular formula is C68H44N2. The molecule has 0 aliphatic heterocycles. The quantitative estimate of drug-likeness (QED) is 0.157. The van der Waals surface area contributed by atoms with Crippen LogP contribution in [0.4, 0.5) is 0 Å². The summed E-state index contributed by atoms with van der Waals surface area (Å²) in [5.41, 5.74) is 21.4. The predicted octanol–water partition coefficient (Wildman–Crippen LogP) is 16.6. The average Bonchev–Trinajstić information content (AvgIpc) is 4.14. The summed E-state index contributed by atoms with van der Waals surface area (Å²) in [5, 5.41) is 4.91. The van der Waals surface area contributed by atoms with Gasteiger partial charge in [0.2, 0.25) is 0 Å². The highest BCUT2D eigenvalue weighted by molar-refractivity contribution is 6.26. The van der Waals surface area contributed by atoms with E-state index in [0.29, 0.717) is 0 Å². The molecule has 2 aromatic heterocycles. The highest BCUT2D eigenvalue weighted by atomic mass is 15.0. The van der Waals surface area contributed by atoms with Crippen molar-refractivity contribution in [2.45, 2.75) is 10.8 Å². The Hall–Kier alpha value is -8.98. The molecule has 0 saturated heterocycles. The van der Waals surface area contributed by atoms with Crippen LogP contribution in [0.25, 0.3) is 77.2 Å². The zero-order valence-corrected chi connectivity index (χ0v) is 38.3. The lowest BCUT2D eigenvalue weighted by Gasteiger charge is -2.34. The molecule has 70 heavy (non-hydrogen) atoms. The Morgan fingerprint density at radius 1 is 0.243 bits per heavy atom. The molecule has 0 N–H and O–H groups in total. The molecule has 2 aliphatic carbocycles. The first-order valence-electron chi connectivity index (χ1n) is 24.4. The molecule has 0 amide bonds. The standard InChI is InChI=1S/C68H44N2/c1-5-21-45(22-6-1)67(58-33-17-13-29-51(58)52-30-14-18-34-59(52)67)47-37-40-62-56(43-47)55-39-42-64-65(66(55)70(62)50-27-11-4-12-28-50)57-44-48(38-41-63(57)69(64)49-25-9-3-10-26-49)68(46-23-7-2-8-24-46)60-35-19-15-31-53(60)54-32-16-20-36-61(54)68/h1-44H. The van der Waals surface area contributed by atoms with Crippen LogP contribution in [0.15, 0.2) is 267 Å². The fourth-order valence-corrected chi connectivity index (χ4v) is 13.2. The minimum Gasteiger partial charge on any atom is -0.309 e. The Kier molecular flexibility index (Phi) is 8.24. The lowest BCUT2D eigenvalue weighted by Crippen LogP contribution is -2.28. The Labute approximate surface area is 406 Å². The number of aromatic nitrogens is 2. The van der Waals surface area contributed by atoms with Crippen molar-refractivity contribution in [1.29, 1.82) is 0 Å². The largest absolute Gasteiger partial charge is 0.309 e. The predicted molar refractivity (Wildman–Crippen MR) is 290 cm³/mol. The fraction of sp³-hybridized carbons (Fsp3) is 0.0294. The van der Waals surface area contributed by atoms with Gasteiger partial charge in [0.1, 0.15) is 0 Å². The zero-order valence-electron chi connectivity index (χ0n) is 38.3. The number of benzene rings is 11. The molecule has 0 saturated carbocycles. The summed E-state index contributed by atoms with van der Waals surface area (Å²) in [5.74, 6) is 0. The van der Waals surface area contributed by atoms with Crippen LogP contribution in [0.3, 0.4) is 0 Å². The second-order valence-corrected chi connectivity index (χ2v) is 19.1. The fourth-order valence-electron chi connectivity index (χ4n) is 13.2. The Balaban J connectivity index is 1.10. The monoisotopic (exact) mass is 888 g/mol. The maximum atomic E-state index is 2.54. The molecule has 2 heterocycles. The van der Waals surface area contributed by atoms with Crippen LogP contribution in [-0.2, 0) is 10.8 Å². The summed E-state index contributed by atoms with van der Waals surface area (Å²) in [4.78, 5) is 0. The van der Waals surface area contributed by atoms with Crippen molar-refractivity contribution < 1.29 is 0 Å². The van der Waals surface area contributed by atoms with Crippen molar-refractivity contribution in [2.75, 3.05) is 0 Å². The average molecular weight is 889 g/mol. The molecule has 0 atom stereocenters. The van der Waals surface area contributed by atoms with Crippen molar-refractivity contribution in [2.24, 2.45) is 0 Å². The van der Waals surface area contributed by atoms with E-state index in [-0.39, 0.29) is 0 Å². The molecule has 11 aromatic carbocycles. The lowest BCUT2D eigenvalue weighted by atomic mass is 9.67. The third-order valence-corrected chi connectivity index (χ3v) is 15.9. The minimum absolute atomic E-state index is 0.522. The van der Waals surface area contributed by atoms with Gasteiger partial charge in [-0.1, -0.05) is 212 Å². The summed E-state index contributed by atoms with van der Waals surface area (Å²) in [7, 11) is 0. The Morgan fingerprint density at radius 3 is 1.06 bits per heavy atom. The molecular weight excluding hydrogens is 845 g/mol. The van der Waals surface area contributed by atoms with Crippen LogP contribution >= 0.6 is 0 Å². The summed E-state index contributed by atoms with van der Waals surface area (Å²) < 4.78 is 5.02. The number of hydrogen-bond acceptors (Lipinski definition) is 0. The van der Waals surface area contributed by atoms with E-state index in [0.717, 1.165) is 11.4 Å². The molecule has 2 nitrogen and oxygen atoms in total. The van der Waals surface area contributed by atoms with Crippen molar-refractivity contribution in [3.8, 4) is 33.6 Å². The van der Waals surface area contributed by atoms with Crippen molar-refractivity contribution >= 4 is 43.6 Å². The highest BCUT2D eigenvalue weighted by Gasteiger charge is 2.47. The van der Waals surface area contributed by atoms with Crippen LogP contribution < -0.4 is 0 Å². The van der Waals surface area contributed by atoms with Crippen LogP contribution in [0.2, 0.25) is 0 Å². The van der Waals surface area contributed by atoms with E-state index in [1.54, 1.807) is 0 Å². The molecule has 326 valence electrons. The second-order valence-electron chi connectivity index (χ2n) is 19.1. The van der Waals surface area contributed by atoms with Gasteiger partial charge in [0.25, 0.3) is 0 Å². The van der Waals surface area contributed by atoms with Crippen LogP contribution in [0.5, 0.6) is 0 Å². The van der Waals surface area contributed by atoms with Crippen LogP contribution in [0.1, 0.15) is 44.5 Å². The molecule has 0 spiro atoms. The number of nitrogens with zero attached hydrogens (tertiary/aromatic N) is 2. The van der Waals surface area contributed by atoms with Crippen molar-refractivity contribution in [1.82, 2.24) is 9.13 Å². The molecule has 13 aromatic rings. The van der Waals surface area contributed by atoms with Gasteiger partial charge in [-0.05, 0) is 121 Å². The van der Waals surface area contributed by atoms with E-state index in [2.05, 4.69) is 276 Å². The van der Waals surface area contributed by atoms with Crippen molar-refractivity contribution in [3.05, 3.63) is 311 Å². The van der Waals surface area contributed by atoms with E-state index < -0.39 is 10.8 Å². The second kappa shape index (κ2) is 14.8. The third kappa shape index (κ3) is 5.07. The summed E-state index contributed by atoms with van der Waals surface area (Å²) in [6.45, 7) is 0. The molecule has 2 aliphatic rings. The molecule has 15 rings (SSSR count). The lowest BCUT2D eigenvalue weighted by molar-refractivity contribution is 0.770. The van der Waals surface area contributed by atoms with Crippen LogP contribution in [0, 0.1) is 0 Å². The van der Waals surface area contributed by atoms with Crippen LogP contribution in [-0.4, -0.2) is 9.13 Å². The SMILES string of the molecule is c1ccc(-n2c3ccc(C4(c5ccccc5)c5ccccc5-c5ccccc54)cc3c3c2ccc2c4cc(C5(c6ccccc6)c6ccccc6-c6ccccc65)ccc4n(-c4ccccc4)c23)cc1. The van der Waals surface area contributed by atoms with Gasteiger partial charge in [-0.15, -0.1) is 0 Å². The zero-order chi connectivity index (χ0) is 46.0. The van der Waals surface area contributed by atoms with E-state index >= 15 is 0 Å². The van der Waals surface area contributed by atoms with E-state index in [9.17, 15) is 0 Å². The van der Waals surface area contributed by atoms with E-state index in [4.69, 9.17) is 0 Å². The molecule has 0 radical (unpaired) electrons. The minimum atomic E-state index is -0.543. The van der Waals surface area contributed by atoms with Crippen molar-refractivity contribution in [3.63, 3.8) is 0 Å². The number of hydrogen-bond donors (Lipinski definition) is 0. The maximum absolute atomic E-state index is 2.54. The van der Waals surface area contributed by atoms with Gasteiger partial charge >= 0.3 is 0 Å². The van der Waals surface area contributed by atoms with Gasteiger partial charge in [-0.3, -0.25) is 0 Å². The molecule has 0 fully saturated rings. The Morgan fingerprint density at radius 2 is 0.600 bits per heavy atom. The van der Waals surface area contributed by atoms with Gasteiger partial charge in [-0.25, -0.2) is 0 Å². The summed E-state index contributed by atoms with van der Waals surface area (Å²) in [6.07, 6.45) is 0. The molecule has 0 bridgehead atoms. The van der Waals surface area contributed by atoms with E-state index in [1.165, 1.54) is 110 Å². The number of fused-ring (bicyclic) bond motifs is 13. The number of para-hydroxylation sites is 2. The first-order valence-corrected chi connectivity index (χ1v) is 24.4. The Bertz CT molecular complexity index is 4130. The smallest absolute Gasteiger partial charge is 0.0713 e. The highest BCUT2D eigenvalue weighted by Crippen LogP contribution is 2.59. The van der Waals surface area contributed by atoms with Gasteiger partial charge in [0.15, 0.2) is 0 Å². The summed E-state index contributed by atoms with van der Waals surface area (Å²) in [6, 6.07) is 99.9. The van der Waals surface area contributed by atoms with Gasteiger partial charge < -0.3 is 9.13 Å². The van der Waals surface area contributed by atoms with Gasteiger partial charge in [-0.2, -0.15) is 0 Å². The first kappa shape index (κ1) is 39.1. The van der Waals surface area contributed by atoms with Gasteiger partial charge in [0, 0.05) is 32.9 Å². The molecule has 0 unspecified atom stereocenters. The van der Waals surface area contributed by atoms with E-state index in [1.807, 2.05) is 0 Å². The topological polar surface area (TPSA) is 9.86 Å². The third-order valence-electron chi connectivity index (χ3n) is 15.9. The molecule has 2 heteroatoms. The summed E-state index contributed by atoms with van der Waals surface area (Å²) >= 11 is 0. The maximum Gasteiger partial charge on any atom is 0.0713 e.